The molecule has 0 unspecified atom stereocenters. The van der Waals surface area contributed by atoms with Crippen LogP contribution in [0.3, 0.4) is 0 Å². The molecule has 0 aromatic rings. The number of aliphatic hydroxyl groups is 1. The quantitative estimate of drug-likeness (QED) is 0.493. The van der Waals surface area contributed by atoms with Crippen LogP contribution in [-0.2, 0) is 9.53 Å². The first-order valence-electron chi connectivity index (χ1n) is 3.47. The van der Waals surface area contributed by atoms with Crippen LogP contribution in [0.4, 0.5) is 0 Å². The van der Waals surface area contributed by atoms with Crippen LogP contribution in [0.2, 0.25) is 0 Å². The molecule has 0 saturated carbocycles. The first kappa shape index (κ1) is 7.54. The van der Waals surface area contributed by atoms with E-state index in [0.29, 0.717) is 6.61 Å². The number of rotatable bonds is 0. The summed E-state index contributed by atoms with van der Waals surface area (Å²) < 4.78 is 4.77. The number of hydrogen-bond acceptors (Lipinski definition) is 3. The summed E-state index contributed by atoms with van der Waals surface area (Å²) >= 11 is 0. The number of carbonyl (C=O) groups is 1. The molecule has 0 spiro atoms. The van der Waals surface area contributed by atoms with Crippen molar-refractivity contribution in [2.24, 2.45) is 11.8 Å². The molecule has 1 fully saturated rings. The molecule has 3 heteroatoms. The van der Waals surface area contributed by atoms with Crippen LogP contribution in [0, 0.1) is 11.8 Å². The fourth-order valence-electron chi connectivity index (χ4n) is 1.08. The van der Waals surface area contributed by atoms with Crippen LogP contribution in [-0.4, -0.2) is 23.8 Å². The normalized spacial score (nSPS) is 41.1. The molecule has 0 bridgehead atoms. The second-order valence-electron chi connectivity index (χ2n) is 2.89. The van der Waals surface area contributed by atoms with Crippen LogP contribution in [0.15, 0.2) is 0 Å². The minimum atomic E-state index is -0.527. The van der Waals surface area contributed by atoms with E-state index < -0.39 is 6.10 Å². The first-order valence-corrected chi connectivity index (χ1v) is 3.47. The Morgan fingerprint density at radius 2 is 2.20 bits per heavy atom. The van der Waals surface area contributed by atoms with E-state index in [1.807, 2.05) is 6.92 Å². The van der Waals surface area contributed by atoms with Gasteiger partial charge in [0.2, 0.25) is 0 Å². The maximum atomic E-state index is 10.8. The molecular weight excluding hydrogens is 132 g/mol. The van der Waals surface area contributed by atoms with Crippen molar-refractivity contribution in [3.05, 3.63) is 0 Å². The summed E-state index contributed by atoms with van der Waals surface area (Å²) in [4.78, 5) is 10.8. The van der Waals surface area contributed by atoms with E-state index in [9.17, 15) is 9.90 Å². The molecule has 1 heterocycles. The Morgan fingerprint density at radius 1 is 1.60 bits per heavy atom. The van der Waals surface area contributed by atoms with E-state index >= 15 is 0 Å². The molecule has 1 rings (SSSR count). The van der Waals surface area contributed by atoms with E-state index in [-0.39, 0.29) is 17.8 Å². The second kappa shape index (κ2) is 2.58. The zero-order valence-corrected chi connectivity index (χ0v) is 6.20. The van der Waals surface area contributed by atoms with E-state index in [1.165, 1.54) is 0 Å². The first-order chi connectivity index (χ1) is 4.63. The van der Waals surface area contributed by atoms with Crippen molar-refractivity contribution in [3.8, 4) is 0 Å². The fourth-order valence-corrected chi connectivity index (χ4v) is 1.08. The molecule has 58 valence electrons. The summed E-state index contributed by atoms with van der Waals surface area (Å²) in [6.45, 7) is 3.90. The summed E-state index contributed by atoms with van der Waals surface area (Å²) in [6, 6.07) is 0. The molecule has 1 N–H and O–H groups in total. The van der Waals surface area contributed by atoms with Crippen molar-refractivity contribution in [1.82, 2.24) is 0 Å². The molecule has 1 aliphatic rings. The SMILES string of the molecule is C[C@@H]1C(=O)OC[C@H](C)[C@H]1O. The third kappa shape index (κ3) is 1.14. The average molecular weight is 144 g/mol. The Labute approximate surface area is 60.0 Å². The summed E-state index contributed by atoms with van der Waals surface area (Å²) in [7, 11) is 0. The summed E-state index contributed by atoms with van der Waals surface area (Å²) in [5.74, 6) is -0.568. The largest absolute Gasteiger partial charge is 0.465 e. The minimum Gasteiger partial charge on any atom is -0.465 e. The van der Waals surface area contributed by atoms with Crippen molar-refractivity contribution in [3.63, 3.8) is 0 Å². The Morgan fingerprint density at radius 3 is 2.70 bits per heavy atom. The van der Waals surface area contributed by atoms with Crippen molar-refractivity contribution < 1.29 is 14.6 Å². The van der Waals surface area contributed by atoms with E-state index in [2.05, 4.69) is 0 Å². The Kier molecular flexibility index (Phi) is 1.94. The third-order valence-electron chi connectivity index (χ3n) is 1.96. The van der Waals surface area contributed by atoms with Crippen molar-refractivity contribution in [2.45, 2.75) is 20.0 Å². The second-order valence-corrected chi connectivity index (χ2v) is 2.89. The maximum Gasteiger partial charge on any atom is 0.311 e. The van der Waals surface area contributed by atoms with Gasteiger partial charge >= 0.3 is 5.97 Å². The number of carbonyl (C=O) groups excluding carboxylic acids is 1. The lowest BCUT2D eigenvalue weighted by Gasteiger charge is -2.28. The fraction of sp³-hybridized carbons (Fsp3) is 0.857. The zero-order chi connectivity index (χ0) is 7.72. The van der Waals surface area contributed by atoms with Gasteiger partial charge in [-0.2, -0.15) is 0 Å². The molecule has 1 aliphatic heterocycles. The number of cyclic esters (lactones) is 1. The lowest BCUT2D eigenvalue weighted by Crippen LogP contribution is -2.40. The molecular formula is C7H12O3. The van der Waals surface area contributed by atoms with Gasteiger partial charge in [-0.05, 0) is 6.92 Å². The van der Waals surface area contributed by atoms with Crippen molar-refractivity contribution in [1.29, 1.82) is 0 Å². The van der Waals surface area contributed by atoms with Crippen LogP contribution in [0.1, 0.15) is 13.8 Å². The number of ether oxygens (including phenoxy) is 1. The predicted octanol–water partition coefficient (Wildman–Crippen LogP) is 0.176. The number of hydrogen-bond donors (Lipinski definition) is 1. The molecule has 0 aromatic carbocycles. The molecule has 0 radical (unpaired) electrons. The van der Waals surface area contributed by atoms with E-state index in [0.717, 1.165) is 0 Å². The van der Waals surface area contributed by atoms with Gasteiger partial charge in [-0.15, -0.1) is 0 Å². The van der Waals surface area contributed by atoms with Gasteiger partial charge in [0.25, 0.3) is 0 Å². The summed E-state index contributed by atoms with van der Waals surface area (Å²) in [6.07, 6.45) is -0.527. The minimum absolute atomic E-state index is 0.0766. The van der Waals surface area contributed by atoms with Crippen LogP contribution in [0.25, 0.3) is 0 Å². The summed E-state index contributed by atoms with van der Waals surface area (Å²) in [5, 5.41) is 9.32. The standard InChI is InChI=1S/C7H12O3/c1-4-3-10-7(9)5(2)6(4)8/h4-6,8H,3H2,1-2H3/t4-,5-,6+/m0/s1. The van der Waals surface area contributed by atoms with Crippen molar-refractivity contribution in [2.75, 3.05) is 6.61 Å². The van der Waals surface area contributed by atoms with Gasteiger partial charge in [0.1, 0.15) is 0 Å². The predicted molar refractivity (Wildman–Crippen MR) is 35.3 cm³/mol. The molecule has 1 saturated heterocycles. The third-order valence-corrected chi connectivity index (χ3v) is 1.96. The highest BCUT2D eigenvalue weighted by Gasteiger charge is 2.33. The highest BCUT2D eigenvalue weighted by Crippen LogP contribution is 2.20. The topological polar surface area (TPSA) is 46.5 Å². The monoisotopic (exact) mass is 144 g/mol. The van der Waals surface area contributed by atoms with Gasteiger partial charge in [0.05, 0.1) is 18.6 Å². The van der Waals surface area contributed by atoms with Crippen LogP contribution < -0.4 is 0 Å². The number of aliphatic hydroxyl groups excluding tert-OH is 1. The molecule has 0 aromatic heterocycles. The maximum absolute atomic E-state index is 10.8. The number of esters is 1. The van der Waals surface area contributed by atoms with E-state index in [4.69, 9.17) is 4.74 Å². The van der Waals surface area contributed by atoms with Crippen molar-refractivity contribution >= 4 is 5.97 Å². The molecule has 10 heavy (non-hydrogen) atoms. The van der Waals surface area contributed by atoms with Gasteiger partial charge in [-0.25, -0.2) is 0 Å². The van der Waals surface area contributed by atoms with Gasteiger partial charge in [0, 0.05) is 5.92 Å². The lowest BCUT2D eigenvalue weighted by molar-refractivity contribution is -0.164. The van der Waals surface area contributed by atoms with E-state index in [1.54, 1.807) is 6.92 Å². The lowest BCUT2D eigenvalue weighted by atomic mass is 9.92. The Balaban J connectivity index is 2.60. The van der Waals surface area contributed by atoms with Gasteiger partial charge in [-0.3, -0.25) is 4.79 Å². The molecule has 3 atom stereocenters. The Hall–Kier alpha value is -0.570. The van der Waals surface area contributed by atoms with Gasteiger partial charge < -0.3 is 9.84 Å². The summed E-state index contributed by atoms with van der Waals surface area (Å²) in [5.41, 5.74) is 0. The zero-order valence-electron chi connectivity index (χ0n) is 6.20. The molecule has 3 nitrogen and oxygen atoms in total. The van der Waals surface area contributed by atoms with Gasteiger partial charge in [0.15, 0.2) is 0 Å². The van der Waals surface area contributed by atoms with Gasteiger partial charge in [-0.1, -0.05) is 6.92 Å². The smallest absolute Gasteiger partial charge is 0.311 e. The molecule has 0 aliphatic carbocycles. The highest BCUT2D eigenvalue weighted by molar-refractivity contribution is 5.73. The molecule has 0 amide bonds. The highest BCUT2D eigenvalue weighted by atomic mass is 16.5. The van der Waals surface area contributed by atoms with Crippen LogP contribution in [0.5, 0.6) is 0 Å². The Bertz CT molecular complexity index is 144. The van der Waals surface area contributed by atoms with Crippen LogP contribution >= 0.6 is 0 Å². The average Bonchev–Trinajstić information content (AvgIpc) is 1.93.